The highest BCUT2D eigenvalue weighted by atomic mass is 14.5. The molecule has 3 fully saturated rings. The second-order valence-corrected chi connectivity index (χ2v) is 7.20. The SMILES string of the molecule is C1=CC2(CCC3CC4CCC3C4)CCC1C2. The summed E-state index contributed by atoms with van der Waals surface area (Å²) in [7, 11) is 0. The van der Waals surface area contributed by atoms with E-state index < -0.39 is 0 Å². The predicted octanol–water partition coefficient (Wildman–Crippen LogP) is 4.56. The van der Waals surface area contributed by atoms with E-state index in [-0.39, 0.29) is 0 Å². The van der Waals surface area contributed by atoms with Crippen molar-refractivity contribution in [3.63, 3.8) is 0 Å². The molecule has 16 heavy (non-hydrogen) atoms. The summed E-state index contributed by atoms with van der Waals surface area (Å²) >= 11 is 0. The summed E-state index contributed by atoms with van der Waals surface area (Å²) in [5, 5.41) is 0. The van der Waals surface area contributed by atoms with E-state index in [4.69, 9.17) is 0 Å². The van der Waals surface area contributed by atoms with Gasteiger partial charge in [-0.1, -0.05) is 18.6 Å². The lowest BCUT2D eigenvalue weighted by Gasteiger charge is -2.28. The van der Waals surface area contributed by atoms with Gasteiger partial charge in [-0.2, -0.15) is 0 Å². The van der Waals surface area contributed by atoms with Crippen LogP contribution < -0.4 is 0 Å². The molecule has 88 valence electrons. The van der Waals surface area contributed by atoms with E-state index in [9.17, 15) is 0 Å². The standard InChI is InChI=1S/C16H24/c1-2-14-9-13(1)10-15(14)5-8-16-6-3-12(11-16)4-7-16/h3,6,12-15H,1-2,4-5,7-11H2. The Balaban J connectivity index is 1.37. The number of hydrogen-bond donors (Lipinski definition) is 0. The Labute approximate surface area is 99.5 Å². The molecule has 0 N–H and O–H groups in total. The van der Waals surface area contributed by atoms with Crippen LogP contribution in [0.25, 0.3) is 0 Å². The minimum atomic E-state index is 0.687. The van der Waals surface area contributed by atoms with Gasteiger partial charge in [-0.15, -0.1) is 0 Å². The third-order valence-electron chi connectivity index (χ3n) is 6.30. The third kappa shape index (κ3) is 1.41. The first-order valence-electron chi connectivity index (χ1n) is 7.52. The monoisotopic (exact) mass is 216 g/mol. The van der Waals surface area contributed by atoms with E-state index in [1.807, 2.05) is 0 Å². The average Bonchev–Trinajstić information content (AvgIpc) is 3.06. The van der Waals surface area contributed by atoms with Gasteiger partial charge in [0.25, 0.3) is 0 Å². The van der Waals surface area contributed by atoms with Crippen LogP contribution >= 0.6 is 0 Å². The van der Waals surface area contributed by atoms with Gasteiger partial charge in [0.1, 0.15) is 0 Å². The van der Waals surface area contributed by atoms with Gasteiger partial charge in [0.15, 0.2) is 0 Å². The van der Waals surface area contributed by atoms with Gasteiger partial charge in [0.05, 0.1) is 0 Å². The Kier molecular flexibility index (Phi) is 2.05. The highest BCUT2D eigenvalue weighted by Gasteiger charge is 2.43. The van der Waals surface area contributed by atoms with Gasteiger partial charge < -0.3 is 0 Å². The van der Waals surface area contributed by atoms with E-state index in [2.05, 4.69) is 12.2 Å². The molecule has 5 atom stereocenters. The number of fused-ring (bicyclic) bond motifs is 4. The molecule has 0 aliphatic heterocycles. The van der Waals surface area contributed by atoms with Crippen molar-refractivity contribution in [2.75, 3.05) is 0 Å². The van der Waals surface area contributed by atoms with E-state index in [1.54, 1.807) is 32.1 Å². The maximum Gasteiger partial charge on any atom is -0.0112 e. The van der Waals surface area contributed by atoms with E-state index in [0.29, 0.717) is 5.41 Å². The first-order valence-corrected chi connectivity index (χ1v) is 7.52. The predicted molar refractivity (Wildman–Crippen MR) is 67.1 cm³/mol. The zero-order chi connectivity index (χ0) is 10.6. The Bertz CT molecular complexity index is 316. The minimum Gasteiger partial charge on any atom is -0.0848 e. The van der Waals surface area contributed by atoms with Crippen LogP contribution in [0.4, 0.5) is 0 Å². The van der Waals surface area contributed by atoms with Crippen molar-refractivity contribution in [3.8, 4) is 0 Å². The molecule has 5 unspecified atom stereocenters. The molecule has 4 bridgehead atoms. The second-order valence-electron chi connectivity index (χ2n) is 7.20. The fourth-order valence-corrected chi connectivity index (χ4v) is 5.37. The normalized spacial score (nSPS) is 53.0. The molecule has 3 saturated carbocycles. The molecular weight excluding hydrogens is 192 g/mol. The van der Waals surface area contributed by atoms with Crippen LogP contribution in [0.2, 0.25) is 0 Å². The Hall–Kier alpha value is -0.260. The van der Waals surface area contributed by atoms with Crippen molar-refractivity contribution in [2.45, 2.75) is 57.8 Å². The van der Waals surface area contributed by atoms with Crippen molar-refractivity contribution in [3.05, 3.63) is 12.2 Å². The van der Waals surface area contributed by atoms with Gasteiger partial charge in [-0.25, -0.2) is 0 Å². The minimum absolute atomic E-state index is 0.687. The third-order valence-corrected chi connectivity index (χ3v) is 6.30. The lowest BCUT2D eigenvalue weighted by atomic mass is 9.77. The maximum absolute atomic E-state index is 2.59. The smallest absolute Gasteiger partial charge is 0.0112 e. The number of hydrogen-bond acceptors (Lipinski definition) is 0. The van der Waals surface area contributed by atoms with Crippen LogP contribution in [-0.4, -0.2) is 0 Å². The lowest BCUT2D eigenvalue weighted by Crippen LogP contribution is -2.17. The van der Waals surface area contributed by atoms with Crippen LogP contribution in [0.5, 0.6) is 0 Å². The van der Waals surface area contributed by atoms with E-state index in [0.717, 1.165) is 23.7 Å². The van der Waals surface area contributed by atoms with Crippen molar-refractivity contribution >= 4 is 0 Å². The molecule has 4 aliphatic rings. The quantitative estimate of drug-likeness (QED) is 0.607. The van der Waals surface area contributed by atoms with Crippen LogP contribution in [-0.2, 0) is 0 Å². The van der Waals surface area contributed by atoms with Crippen molar-refractivity contribution in [2.24, 2.45) is 29.1 Å². The molecule has 0 aromatic rings. The zero-order valence-electron chi connectivity index (χ0n) is 10.3. The van der Waals surface area contributed by atoms with Gasteiger partial charge in [-0.3, -0.25) is 0 Å². The molecule has 0 aromatic carbocycles. The van der Waals surface area contributed by atoms with Gasteiger partial charge in [0, 0.05) is 0 Å². The van der Waals surface area contributed by atoms with Crippen LogP contribution in [0.15, 0.2) is 12.2 Å². The first-order chi connectivity index (χ1) is 7.83. The topological polar surface area (TPSA) is 0 Å². The Morgan fingerprint density at radius 2 is 2.12 bits per heavy atom. The molecule has 0 amide bonds. The molecule has 0 heteroatoms. The summed E-state index contributed by atoms with van der Waals surface area (Å²) in [4.78, 5) is 0. The van der Waals surface area contributed by atoms with Gasteiger partial charge in [0.2, 0.25) is 0 Å². The lowest BCUT2D eigenvalue weighted by molar-refractivity contribution is 0.257. The fraction of sp³-hybridized carbons (Fsp3) is 0.875. The molecular formula is C16H24. The zero-order valence-corrected chi connectivity index (χ0v) is 10.3. The summed E-state index contributed by atoms with van der Waals surface area (Å²) in [6.45, 7) is 0. The molecule has 4 aliphatic carbocycles. The first kappa shape index (κ1) is 9.74. The number of allylic oxidation sites excluding steroid dienone is 2. The molecule has 0 aromatic heterocycles. The summed E-state index contributed by atoms with van der Waals surface area (Å²) < 4.78 is 0. The van der Waals surface area contributed by atoms with E-state index in [1.165, 1.54) is 25.7 Å². The Morgan fingerprint density at radius 3 is 2.69 bits per heavy atom. The molecule has 4 rings (SSSR count). The second kappa shape index (κ2) is 3.37. The molecule has 0 nitrogen and oxygen atoms in total. The van der Waals surface area contributed by atoms with Crippen molar-refractivity contribution < 1.29 is 0 Å². The summed E-state index contributed by atoms with van der Waals surface area (Å²) in [6.07, 6.45) is 19.0. The van der Waals surface area contributed by atoms with Crippen LogP contribution in [0.1, 0.15) is 57.8 Å². The molecule has 0 heterocycles. The van der Waals surface area contributed by atoms with Crippen molar-refractivity contribution in [1.82, 2.24) is 0 Å². The van der Waals surface area contributed by atoms with Crippen LogP contribution in [0.3, 0.4) is 0 Å². The summed E-state index contributed by atoms with van der Waals surface area (Å²) in [5.74, 6) is 4.38. The van der Waals surface area contributed by atoms with E-state index >= 15 is 0 Å². The van der Waals surface area contributed by atoms with Gasteiger partial charge in [-0.05, 0) is 80.5 Å². The molecule has 0 saturated heterocycles. The highest BCUT2D eigenvalue weighted by molar-refractivity contribution is 5.15. The molecule has 0 radical (unpaired) electrons. The maximum atomic E-state index is 2.59. The highest BCUT2D eigenvalue weighted by Crippen LogP contribution is 2.55. The average molecular weight is 216 g/mol. The van der Waals surface area contributed by atoms with Crippen LogP contribution in [0, 0.1) is 29.1 Å². The fourth-order valence-electron chi connectivity index (χ4n) is 5.37. The molecule has 0 spiro atoms. The summed E-state index contributed by atoms with van der Waals surface area (Å²) in [6, 6.07) is 0. The Morgan fingerprint density at radius 1 is 1.12 bits per heavy atom. The van der Waals surface area contributed by atoms with Crippen molar-refractivity contribution in [1.29, 1.82) is 0 Å². The van der Waals surface area contributed by atoms with Gasteiger partial charge >= 0.3 is 0 Å². The number of rotatable bonds is 3. The largest absolute Gasteiger partial charge is 0.0848 e. The summed E-state index contributed by atoms with van der Waals surface area (Å²) in [5.41, 5.74) is 0.687.